The summed E-state index contributed by atoms with van der Waals surface area (Å²) in [7, 11) is 1.59. The number of oxime groups is 1. The number of ether oxygens (including phenoxy) is 2. The Kier molecular flexibility index (Phi) is 8.06. The quantitative estimate of drug-likeness (QED) is 0.330. The zero-order valence-electron chi connectivity index (χ0n) is 17.3. The summed E-state index contributed by atoms with van der Waals surface area (Å²) < 4.78 is 12.1. The topological polar surface area (TPSA) is 69.2 Å². The third kappa shape index (κ3) is 6.86. The minimum Gasteiger partial charge on any atom is -0.493 e. The van der Waals surface area contributed by atoms with E-state index in [0.717, 1.165) is 21.2 Å². The number of anilines is 1. The third-order valence-corrected chi connectivity index (χ3v) is 4.95. The van der Waals surface area contributed by atoms with Crippen LogP contribution in [0.4, 0.5) is 5.69 Å². The first-order chi connectivity index (χ1) is 15.0. The molecule has 0 unspecified atom stereocenters. The van der Waals surface area contributed by atoms with Gasteiger partial charge in [-0.1, -0.05) is 41.6 Å². The second kappa shape index (κ2) is 11.2. The monoisotopic (exact) mass is 482 g/mol. The van der Waals surface area contributed by atoms with Crippen molar-refractivity contribution in [3.8, 4) is 11.5 Å². The van der Waals surface area contributed by atoms with Gasteiger partial charge in [-0.05, 0) is 64.3 Å². The van der Waals surface area contributed by atoms with Gasteiger partial charge in [0, 0.05) is 10.0 Å². The van der Waals surface area contributed by atoms with Crippen molar-refractivity contribution >= 4 is 33.7 Å². The molecule has 31 heavy (non-hydrogen) atoms. The van der Waals surface area contributed by atoms with Gasteiger partial charge in [0.2, 0.25) is 0 Å². The van der Waals surface area contributed by atoms with Crippen LogP contribution in [0.25, 0.3) is 0 Å². The van der Waals surface area contributed by atoms with Crippen LogP contribution in [0.15, 0.2) is 76.4 Å². The lowest BCUT2D eigenvalue weighted by molar-refractivity contribution is -0.120. The van der Waals surface area contributed by atoms with Gasteiger partial charge in [0.05, 0.1) is 19.0 Å². The number of benzene rings is 3. The van der Waals surface area contributed by atoms with Crippen LogP contribution in [0.2, 0.25) is 0 Å². The summed E-state index contributed by atoms with van der Waals surface area (Å²) >= 11 is 3.43. The number of amides is 1. The molecule has 0 saturated heterocycles. The molecule has 0 aliphatic heterocycles. The molecular formula is C24H23BrN2O4. The molecule has 1 N–H and O–H groups in total. The third-order valence-electron chi connectivity index (χ3n) is 4.30. The van der Waals surface area contributed by atoms with E-state index in [1.807, 2.05) is 61.5 Å². The van der Waals surface area contributed by atoms with E-state index in [1.165, 1.54) is 6.21 Å². The van der Waals surface area contributed by atoms with Crippen LogP contribution in [-0.2, 0) is 16.2 Å². The van der Waals surface area contributed by atoms with E-state index in [-0.39, 0.29) is 12.5 Å². The highest BCUT2D eigenvalue weighted by Gasteiger charge is 2.07. The van der Waals surface area contributed by atoms with Crippen molar-refractivity contribution in [2.75, 3.05) is 19.0 Å². The molecule has 0 fully saturated rings. The normalized spacial score (nSPS) is 10.7. The summed E-state index contributed by atoms with van der Waals surface area (Å²) in [5, 5.41) is 6.65. The molecule has 0 spiro atoms. The van der Waals surface area contributed by atoms with Crippen molar-refractivity contribution in [3.63, 3.8) is 0 Å². The van der Waals surface area contributed by atoms with Crippen LogP contribution in [0.1, 0.15) is 16.7 Å². The van der Waals surface area contributed by atoms with Crippen LogP contribution in [-0.4, -0.2) is 25.8 Å². The number of carbonyl (C=O) groups excluding carboxylic acids is 1. The maximum atomic E-state index is 12.1. The van der Waals surface area contributed by atoms with E-state index in [4.69, 9.17) is 14.3 Å². The van der Waals surface area contributed by atoms with Gasteiger partial charge in [-0.3, -0.25) is 4.79 Å². The van der Waals surface area contributed by atoms with Gasteiger partial charge >= 0.3 is 0 Å². The van der Waals surface area contributed by atoms with Crippen molar-refractivity contribution in [3.05, 3.63) is 87.9 Å². The van der Waals surface area contributed by atoms with E-state index in [1.54, 1.807) is 19.2 Å². The van der Waals surface area contributed by atoms with Crippen LogP contribution >= 0.6 is 15.9 Å². The van der Waals surface area contributed by atoms with Gasteiger partial charge in [-0.2, -0.15) is 0 Å². The maximum absolute atomic E-state index is 12.1. The molecule has 0 aliphatic carbocycles. The van der Waals surface area contributed by atoms with E-state index in [2.05, 4.69) is 26.4 Å². The van der Waals surface area contributed by atoms with Crippen LogP contribution < -0.4 is 14.8 Å². The first kappa shape index (κ1) is 22.4. The maximum Gasteiger partial charge on any atom is 0.265 e. The van der Waals surface area contributed by atoms with Crippen LogP contribution in [0.3, 0.4) is 0 Å². The second-order valence-electron chi connectivity index (χ2n) is 6.72. The lowest BCUT2D eigenvalue weighted by Gasteiger charge is -2.11. The number of rotatable bonds is 9. The van der Waals surface area contributed by atoms with E-state index < -0.39 is 0 Å². The number of nitrogens with one attached hydrogen (secondary N) is 1. The number of hydrogen-bond acceptors (Lipinski definition) is 5. The highest BCUT2D eigenvalue weighted by atomic mass is 79.9. The molecule has 0 radical (unpaired) electrons. The Hall–Kier alpha value is -3.32. The molecule has 0 heterocycles. The summed E-state index contributed by atoms with van der Waals surface area (Å²) in [5.74, 6) is 0.914. The van der Waals surface area contributed by atoms with E-state index in [9.17, 15) is 4.79 Å². The first-order valence-corrected chi connectivity index (χ1v) is 10.4. The lowest BCUT2D eigenvalue weighted by atomic mass is 10.2. The van der Waals surface area contributed by atoms with Gasteiger partial charge in [0.25, 0.3) is 5.91 Å². The molecule has 0 atom stereocenters. The molecular weight excluding hydrogens is 460 g/mol. The molecule has 3 aromatic carbocycles. The van der Waals surface area contributed by atoms with Crippen molar-refractivity contribution in [1.29, 1.82) is 0 Å². The minimum atomic E-state index is -0.302. The highest BCUT2D eigenvalue weighted by molar-refractivity contribution is 9.10. The van der Waals surface area contributed by atoms with Crippen LogP contribution in [0, 0.1) is 6.92 Å². The van der Waals surface area contributed by atoms with Crippen molar-refractivity contribution in [1.82, 2.24) is 0 Å². The van der Waals surface area contributed by atoms with Crippen molar-refractivity contribution in [2.45, 2.75) is 13.5 Å². The summed E-state index contributed by atoms with van der Waals surface area (Å²) in [6.45, 7) is 2.19. The molecule has 0 aliphatic rings. The van der Waals surface area contributed by atoms with Crippen LogP contribution in [0.5, 0.6) is 11.5 Å². The smallest absolute Gasteiger partial charge is 0.265 e. The Morgan fingerprint density at radius 1 is 1.06 bits per heavy atom. The molecule has 0 bridgehead atoms. The Balaban J connectivity index is 1.54. The summed E-state index contributed by atoms with van der Waals surface area (Å²) in [6, 6.07) is 21.0. The molecule has 3 aromatic rings. The zero-order valence-corrected chi connectivity index (χ0v) is 18.9. The Labute approximate surface area is 190 Å². The van der Waals surface area contributed by atoms with Crippen molar-refractivity contribution in [2.24, 2.45) is 5.16 Å². The number of hydrogen-bond donors (Lipinski definition) is 1. The average Bonchev–Trinajstić information content (AvgIpc) is 2.78. The summed E-state index contributed by atoms with van der Waals surface area (Å²) in [6.07, 6.45) is 1.52. The predicted octanol–water partition coefficient (Wildman–Crippen LogP) is 5.33. The van der Waals surface area contributed by atoms with E-state index in [0.29, 0.717) is 23.8 Å². The largest absolute Gasteiger partial charge is 0.493 e. The second-order valence-corrected chi connectivity index (χ2v) is 7.58. The lowest BCUT2D eigenvalue weighted by Crippen LogP contribution is -2.17. The van der Waals surface area contributed by atoms with Gasteiger partial charge in [-0.15, -0.1) is 0 Å². The first-order valence-electron chi connectivity index (χ1n) is 9.61. The zero-order chi connectivity index (χ0) is 22.1. The molecule has 3 rings (SSSR count). The van der Waals surface area contributed by atoms with Gasteiger partial charge < -0.3 is 19.6 Å². The average molecular weight is 483 g/mol. The van der Waals surface area contributed by atoms with E-state index >= 15 is 0 Å². The molecule has 7 heteroatoms. The SMILES string of the molecule is COc1ccc(/C=N/OCC(=O)Nc2ccc(C)cc2Br)cc1OCc1ccccc1. The number of methoxy groups -OCH3 is 1. The molecule has 6 nitrogen and oxygen atoms in total. The fourth-order valence-corrected chi connectivity index (χ4v) is 3.32. The number of carbonyl (C=O) groups is 1. The summed E-state index contributed by atoms with van der Waals surface area (Å²) in [5.41, 5.74) is 3.58. The highest BCUT2D eigenvalue weighted by Crippen LogP contribution is 2.28. The Bertz CT molecular complexity index is 1050. The van der Waals surface area contributed by atoms with Gasteiger partial charge in [-0.25, -0.2) is 0 Å². The Morgan fingerprint density at radius 2 is 1.87 bits per heavy atom. The molecule has 1 amide bonds. The Morgan fingerprint density at radius 3 is 2.61 bits per heavy atom. The van der Waals surface area contributed by atoms with Gasteiger partial charge in [0.15, 0.2) is 18.1 Å². The number of aryl methyl sites for hydroxylation is 1. The molecule has 160 valence electrons. The molecule has 0 saturated carbocycles. The standard InChI is InChI=1S/C24H23BrN2O4/c1-17-8-10-21(20(25)12-17)27-24(28)16-31-26-14-19-9-11-22(29-2)23(13-19)30-15-18-6-4-3-5-7-18/h3-14H,15-16H2,1-2H3,(H,27,28)/b26-14+. The molecule has 0 aromatic heterocycles. The van der Waals surface area contributed by atoms with Crippen molar-refractivity contribution < 1.29 is 19.1 Å². The summed E-state index contributed by atoms with van der Waals surface area (Å²) in [4.78, 5) is 17.2. The predicted molar refractivity (Wildman–Crippen MR) is 125 cm³/mol. The fourth-order valence-electron chi connectivity index (χ4n) is 2.72. The minimum absolute atomic E-state index is 0.204. The van der Waals surface area contributed by atoms with Gasteiger partial charge in [0.1, 0.15) is 6.61 Å². The fraction of sp³-hybridized carbons (Fsp3) is 0.167. The number of halogens is 1. The number of nitrogens with zero attached hydrogens (tertiary/aromatic N) is 1.